The normalized spacial score (nSPS) is 11.6. The van der Waals surface area contributed by atoms with Crippen LogP contribution in [0.4, 0.5) is 0 Å². The van der Waals surface area contributed by atoms with Crippen LogP contribution in [0.3, 0.4) is 0 Å². The zero-order valence-electron chi connectivity index (χ0n) is 17.2. The smallest absolute Gasteiger partial charge is 0.276 e. The van der Waals surface area contributed by atoms with Gasteiger partial charge in [-0.25, -0.2) is 4.83 Å². The molecule has 0 heterocycles. The van der Waals surface area contributed by atoms with Crippen molar-refractivity contribution in [1.82, 2.24) is 4.83 Å². The van der Waals surface area contributed by atoms with Gasteiger partial charge in [0.05, 0.1) is 17.2 Å². The highest BCUT2D eigenvalue weighted by molar-refractivity contribution is 7.89. The third-order valence-corrected chi connectivity index (χ3v) is 5.56. The molecule has 162 valence electrons. The fourth-order valence-corrected chi connectivity index (χ4v) is 3.54. The molecule has 0 aliphatic rings. The van der Waals surface area contributed by atoms with E-state index in [1.807, 2.05) is 32.0 Å². The van der Waals surface area contributed by atoms with E-state index in [2.05, 4.69) is 9.93 Å². The molecule has 1 N–H and O–H groups in total. The van der Waals surface area contributed by atoms with Crippen LogP contribution in [-0.4, -0.2) is 20.7 Å². The van der Waals surface area contributed by atoms with E-state index in [0.717, 1.165) is 5.56 Å². The Hall–Kier alpha value is -3.03. The SMILES string of the molecule is CC(C)Oc1ccc(S(=O)(=O)N/N=C/c2cccc(OCc3ccc(Cl)cc3)c2)cc1. The number of hydrogen-bond donors (Lipinski definition) is 1. The van der Waals surface area contributed by atoms with E-state index < -0.39 is 10.0 Å². The summed E-state index contributed by atoms with van der Waals surface area (Å²) in [5.74, 6) is 1.25. The fourth-order valence-electron chi connectivity index (χ4n) is 2.62. The number of nitrogens with one attached hydrogen (secondary N) is 1. The van der Waals surface area contributed by atoms with E-state index in [0.29, 0.717) is 28.7 Å². The standard InChI is InChI=1S/C23H23ClN2O4S/c1-17(2)30-21-10-12-23(13-11-21)31(27,28)26-25-15-19-4-3-5-22(14-19)29-16-18-6-8-20(24)9-7-18/h3-15,17,26H,16H2,1-2H3/b25-15+. The molecule has 0 aliphatic heterocycles. The zero-order valence-corrected chi connectivity index (χ0v) is 18.7. The molecule has 3 aromatic carbocycles. The van der Waals surface area contributed by atoms with Crippen molar-refractivity contribution in [3.05, 3.63) is 88.9 Å². The van der Waals surface area contributed by atoms with Gasteiger partial charge < -0.3 is 9.47 Å². The molecule has 0 aromatic heterocycles. The quantitative estimate of drug-likeness (QED) is 0.361. The second-order valence-electron chi connectivity index (χ2n) is 6.98. The third-order valence-electron chi connectivity index (χ3n) is 4.07. The molecule has 31 heavy (non-hydrogen) atoms. The zero-order chi connectivity index (χ0) is 22.3. The lowest BCUT2D eigenvalue weighted by Gasteiger charge is -2.10. The maximum Gasteiger partial charge on any atom is 0.276 e. The molecule has 6 nitrogen and oxygen atoms in total. The topological polar surface area (TPSA) is 77.0 Å². The summed E-state index contributed by atoms with van der Waals surface area (Å²) in [6.07, 6.45) is 1.43. The van der Waals surface area contributed by atoms with Crippen LogP contribution < -0.4 is 14.3 Å². The van der Waals surface area contributed by atoms with Crippen LogP contribution in [0.5, 0.6) is 11.5 Å². The number of hydrogen-bond acceptors (Lipinski definition) is 5. The molecule has 0 atom stereocenters. The second kappa shape index (κ2) is 10.3. The van der Waals surface area contributed by atoms with Gasteiger partial charge in [0.1, 0.15) is 18.1 Å². The van der Waals surface area contributed by atoms with Crippen molar-refractivity contribution in [1.29, 1.82) is 0 Å². The maximum absolute atomic E-state index is 12.4. The van der Waals surface area contributed by atoms with Gasteiger partial charge in [-0.1, -0.05) is 35.9 Å². The first-order chi connectivity index (χ1) is 14.8. The molecule has 0 bridgehead atoms. The number of hydrazone groups is 1. The molecule has 0 fully saturated rings. The Morgan fingerprint density at radius 1 is 1.00 bits per heavy atom. The van der Waals surface area contributed by atoms with Gasteiger partial charge in [-0.05, 0) is 73.5 Å². The van der Waals surface area contributed by atoms with Crippen molar-refractivity contribution in [2.24, 2.45) is 5.10 Å². The molecular weight excluding hydrogens is 436 g/mol. The van der Waals surface area contributed by atoms with E-state index >= 15 is 0 Å². The van der Waals surface area contributed by atoms with Crippen LogP contribution in [0, 0.1) is 0 Å². The molecule has 0 radical (unpaired) electrons. The molecule has 3 rings (SSSR count). The minimum Gasteiger partial charge on any atom is -0.491 e. The van der Waals surface area contributed by atoms with Gasteiger partial charge in [0.2, 0.25) is 0 Å². The van der Waals surface area contributed by atoms with Crippen molar-refractivity contribution in [2.75, 3.05) is 0 Å². The first kappa shape index (κ1) is 22.7. The van der Waals surface area contributed by atoms with Crippen molar-refractivity contribution < 1.29 is 17.9 Å². The lowest BCUT2D eigenvalue weighted by Crippen LogP contribution is -2.18. The van der Waals surface area contributed by atoms with Gasteiger partial charge in [-0.2, -0.15) is 13.5 Å². The Morgan fingerprint density at radius 3 is 2.39 bits per heavy atom. The van der Waals surface area contributed by atoms with Gasteiger partial charge in [0, 0.05) is 5.02 Å². The number of sulfonamides is 1. The highest BCUT2D eigenvalue weighted by Crippen LogP contribution is 2.18. The summed E-state index contributed by atoms with van der Waals surface area (Å²) in [6, 6.07) is 20.8. The summed E-state index contributed by atoms with van der Waals surface area (Å²) in [6.45, 7) is 4.19. The van der Waals surface area contributed by atoms with Crippen molar-refractivity contribution >= 4 is 27.8 Å². The average Bonchev–Trinajstić information content (AvgIpc) is 2.73. The van der Waals surface area contributed by atoms with Crippen LogP contribution in [0.1, 0.15) is 25.0 Å². The number of nitrogens with zero attached hydrogens (tertiary/aromatic N) is 1. The van der Waals surface area contributed by atoms with E-state index in [1.54, 1.807) is 42.5 Å². The maximum atomic E-state index is 12.4. The van der Waals surface area contributed by atoms with Crippen molar-refractivity contribution in [3.8, 4) is 11.5 Å². The second-order valence-corrected chi connectivity index (χ2v) is 9.08. The minimum atomic E-state index is -3.78. The largest absolute Gasteiger partial charge is 0.491 e. The van der Waals surface area contributed by atoms with Crippen molar-refractivity contribution in [2.45, 2.75) is 31.5 Å². The van der Waals surface area contributed by atoms with Crippen LogP contribution in [-0.2, 0) is 16.6 Å². The van der Waals surface area contributed by atoms with Gasteiger partial charge in [0.15, 0.2) is 0 Å². The third kappa shape index (κ3) is 7.01. The summed E-state index contributed by atoms with van der Waals surface area (Å²) in [4.78, 5) is 2.31. The Morgan fingerprint density at radius 2 is 1.71 bits per heavy atom. The summed E-state index contributed by atoms with van der Waals surface area (Å²) >= 11 is 5.88. The van der Waals surface area contributed by atoms with Crippen LogP contribution >= 0.6 is 11.6 Å². The molecule has 8 heteroatoms. The summed E-state index contributed by atoms with van der Waals surface area (Å²) in [5.41, 5.74) is 1.68. The van der Waals surface area contributed by atoms with Crippen LogP contribution in [0.15, 0.2) is 82.8 Å². The van der Waals surface area contributed by atoms with Gasteiger partial charge in [0.25, 0.3) is 10.0 Å². The van der Waals surface area contributed by atoms with Crippen LogP contribution in [0.25, 0.3) is 0 Å². The van der Waals surface area contributed by atoms with Gasteiger partial charge >= 0.3 is 0 Å². The molecular formula is C23H23ClN2O4S. The first-order valence-electron chi connectivity index (χ1n) is 9.61. The number of rotatable bonds is 9. The number of ether oxygens (including phenoxy) is 2. The van der Waals surface area contributed by atoms with Gasteiger partial charge in [-0.15, -0.1) is 0 Å². The molecule has 0 amide bonds. The van der Waals surface area contributed by atoms with E-state index in [4.69, 9.17) is 21.1 Å². The van der Waals surface area contributed by atoms with E-state index in [-0.39, 0.29) is 11.0 Å². The van der Waals surface area contributed by atoms with Crippen LogP contribution in [0.2, 0.25) is 5.02 Å². The minimum absolute atomic E-state index is 0.0103. The molecule has 0 saturated carbocycles. The lowest BCUT2D eigenvalue weighted by atomic mass is 10.2. The average molecular weight is 459 g/mol. The molecule has 0 spiro atoms. The lowest BCUT2D eigenvalue weighted by molar-refractivity contribution is 0.242. The Labute approximate surface area is 187 Å². The summed E-state index contributed by atoms with van der Waals surface area (Å²) in [5, 5.41) is 4.54. The number of benzene rings is 3. The Balaban J connectivity index is 1.59. The highest BCUT2D eigenvalue weighted by atomic mass is 35.5. The van der Waals surface area contributed by atoms with Crippen molar-refractivity contribution in [3.63, 3.8) is 0 Å². The van der Waals surface area contributed by atoms with E-state index in [1.165, 1.54) is 18.3 Å². The Bertz CT molecular complexity index is 1130. The molecule has 3 aromatic rings. The predicted octanol–water partition coefficient (Wildman–Crippen LogP) is 5.02. The monoisotopic (exact) mass is 458 g/mol. The number of halogens is 1. The fraction of sp³-hybridized carbons (Fsp3) is 0.174. The Kier molecular flexibility index (Phi) is 7.55. The molecule has 0 unspecified atom stereocenters. The summed E-state index contributed by atoms with van der Waals surface area (Å²) in [7, 11) is -3.78. The van der Waals surface area contributed by atoms with E-state index in [9.17, 15) is 8.42 Å². The predicted molar refractivity (Wildman–Crippen MR) is 122 cm³/mol. The molecule has 0 aliphatic carbocycles. The highest BCUT2D eigenvalue weighted by Gasteiger charge is 2.12. The van der Waals surface area contributed by atoms with Gasteiger partial charge in [-0.3, -0.25) is 0 Å². The summed E-state index contributed by atoms with van der Waals surface area (Å²) < 4.78 is 36.1. The molecule has 0 saturated heterocycles. The first-order valence-corrected chi connectivity index (χ1v) is 11.5.